The van der Waals surface area contributed by atoms with Gasteiger partial charge >= 0.3 is 12.1 Å². The minimum Gasteiger partial charge on any atom is -0.492 e. The summed E-state index contributed by atoms with van der Waals surface area (Å²) in [6, 6.07) is 4.99. The molecule has 1 aromatic heterocycles. The number of carbonyl (C=O) groups is 1. The maximum Gasteiger partial charge on any atom is 0.418 e. The van der Waals surface area contributed by atoms with Crippen molar-refractivity contribution >= 4 is 28.1 Å². The zero-order valence-corrected chi connectivity index (χ0v) is 15.3. The van der Waals surface area contributed by atoms with Gasteiger partial charge in [0.05, 0.1) is 22.5 Å². The third-order valence-corrected chi connectivity index (χ3v) is 4.15. The SMILES string of the molecule is CC(C)(C)OC(=O)CCc1sc(Nc2ccccc2C(F)(F)F)nc1O. The van der Waals surface area contributed by atoms with Crippen LogP contribution in [0.1, 0.15) is 37.6 Å². The molecule has 142 valence electrons. The number of hydrogen-bond donors (Lipinski definition) is 2. The molecule has 0 saturated heterocycles. The fourth-order valence-corrected chi connectivity index (χ4v) is 2.99. The standard InChI is InChI=1S/C17H19F3N2O3S/c1-16(2,3)25-13(23)9-8-12-14(24)22-15(26-12)21-11-7-5-4-6-10(11)17(18,19)20/h4-7,24H,8-9H2,1-3H3,(H,21,22). The van der Waals surface area contributed by atoms with Gasteiger partial charge < -0.3 is 15.2 Å². The van der Waals surface area contributed by atoms with Crippen LogP contribution in [0.5, 0.6) is 5.88 Å². The topological polar surface area (TPSA) is 71.5 Å². The van der Waals surface area contributed by atoms with E-state index in [0.717, 1.165) is 17.4 Å². The van der Waals surface area contributed by atoms with Gasteiger partial charge in [0.2, 0.25) is 5.88 Å². The molecule has 0 aliphatic heterocycles. The normalized spacial score (nSPS) is 12.1. The van der Waals surface area contributed by atoms with Crippen molar-refractivity contribution in [2.24, 2.45) is 0 Å². The van der Waals surface area contributed by atoms with E-state index in [4.69, 9.17) is 4.74 Å². The zero-order chi connectivity index (χ0) is 19.5. The van der Waals surface area contributed by atoms with Crippen LogP contribution in [0.2, 0.25) is 0 Å². The number of aryl methyl sites for hydroxylation is 1. The predicted molar refractivity (Wildman–Crippen MR) is 92.7 cm³/mol. The third kappa shape index (κ3) is 5.62. The summed E-state index contributed by atoms with van der Waals surface area (Å²) in [6.45, 7) is 5.24. The molecular formula is C17H19F3N2O3S. The van der Waals surface area contributed by atoms with E-state index in [9.17, 15) is 23.1 Å². The first-order valence-corrected chi connectivity index (χ1v) is 8.61. The summed E-state index contributed by atoms with van der Waals surface area (Å²) in [4.78, 5) is 16.0. The Labute approximate surface area is 152 Å². The summed E-state index contributed by atoms with van der Waals surface area (Å²) < 4.78 is 44.2. The van der Waals surface area contributed by atoms with Crippen LogP contribution in [0.4, 0.5) is 24.0 Å². The quantitative estimate of drug-likeness (QED) is 0.714. The molecule has 0 bridgehead atoms. The number of benzene rings is 1. The van der Waals surface area contributed by atoms with Gasteiger partial charge in [-0.3, -0.25) is 4.79 Å². The average Bonchev–Trinajstić information content (AvgIpc) is 2.82. The highest BCUT2D eigenvalue weighted by atomic mass is 32.1. The molecule has 5 nitrogen and oxygen atoms in total. The van der Waals surface area contributed by atoms with Gasteiger partial charge in [0.25, 0.3) is 0 Å². The highest BCUT2D eigenvalue weighted by molar-refractivity contribution is 7.15. The molecule has 2 rings (SSSR count). The number of nitrogens with one attached hydrogen (secondary N) is 1. The molecule has 1 aromatic carbocycles. The van der Waals surface area contributed by atoms with Crippen molar-refractivity contribution in [3.05, 3.63) is 34.7 Å². The Morgan fingerprint density at radius 1 is 1.27 bits per heavy atom. The number of para-hydroxylation sites is 1. The first kappa shape index (κ1) is 20.0. The summed E-state index contributed by atoms with van der Waals surface area (Å²) in [7, 11) is 0. The number of nitrogens with zero attached hydrogens (tertiary/aromatic N) is 1. The number of carbonyl (C=O) groups excluding carboxylic acids is 1. The number of ether oxygens (including phenoxy) is 1. The molecule has 0 spiro atoms. The molecular weight excluding hydrogens is 369 g/mol. The lowest BCUT2D eigenvalue weighted by molar-refractivity contribution is -0.154. The van der Waals surface area contributed by atoms with Crippen LogP contribution < -0.4 is 5.32 Å². The number of halogens is 3. The van der Waals surface area contributed by atoms with Crippen LogP contribution in [-0.2, 0) is 22.1 Å². The Balaban J connectivity index is 2.08. The van der Waals surface area contributed by atoms with Crippen LogP contribution in [0.3, 0.4) is 0 Å². The monoisotopic (exact) mass is 388 g/mol. The second-order valence-corrected chi connectivity index (χ2v) is 7.60. The molecule has 0 aliphatic rings. The van der Waals surface area contributed by atoms with E-state index >= 15 is 0 Å². The fraction of sp³-hybridized carbons (Fsp3) is 0.412. The molecule has 0 amide bonds. The number of aromatic nitrogens is 1. The van der Waals surface area contributed by atoms with Crippen molar-refractivity contribution in [2.45, 2.75) is 45.4 Å². The number of esters is 1. The van der Waals surface area contributed by atoms with Gasteiger partial charge in [0.15, 0.2) is 5.13 Å². The van der Waals surface area contributed by atoms with Crippen molar-refractivity contribution in [3.8, 4) is 5.88 Å². The molecule has 0 aliphatic carbocycles. The van der Waals surface area contributed by atoms with Crippen molar-refractivity contribution in [3.63, 3.8) is 0 Å². The van der Waals surface area contributed by atoms with E-state index in [2.05, 4.69) is 10.3 Å². The minimum absolute atomic E-state index is 0.0333. The maximum atomic E-state index is 13.0. The lowest BCUT2D eigenvalue weighted by Gasteiger charge is -2.19. The zero-order valence-electron chi connectivity index (χ0n) is 14.5. The van der Waals surface area contributed by atoms with Gasteiger partial charge in [-0.05, 0) is 39.3 Å². The van der Waals surface area contributed by atoms with Crippen molar-refractivity contribution < 1.29 is 27.8 Å². The number of thiazole rings is 1. The Morgan fingerprint density at radius 3 is 2.54 bits per heavy atom. The highest BCUT2D eigenvalue weighted by Crippen LogP contribution is 2.37. The largest absolute Gasteiger partial charge is 0.492 e. The van der Waals surface area contributed by atoms with Crippen LogP contribution >= 0.6 is 11.3 Å². The summed E-state index contributed by atoms with van der Waals surface area (Å²) in [5.74, 6) is -0.743. The Bertz CT molecular complexity index is 782. The fourth-order valence-electron chi connectivity index (χ4n) is 2.12. The summed E-state index contributed by atoms with van der Waals surface area (Å²) >= 11 is 0.986. The lowest BCUT2D eigenvalue weighted by Crippen LogP contribution is -2.23. The predicted octanol–water partition coefficient (Wildman–Crippen LogP) is 4.89. The van der Waals surface area contributed by atoms with Gasteiger partial charge in [0, 0.05) is 0 Å². The van der Waals surface area contributed by atoms with Crippen LogP contribution in [-0.4, -0.2) is 21.7 Å². The smallest absolute Gasteiger partial charge is 0.418 e. The van der Waals surface area contributed by atoms with Gasteiger partial charge in [-0.1, -0.05) is 23.5 Å². The second kappa shape index (κ2) is 7.53. The average molecular weight is 388 g/mol. The lowest BCUT2D eigenvalue weighted by atomic mass is 10.2. The highest BCUT2D eigenvalue weighted by Gasteiger charge is 2.33. The van der Waals surface area contributed by atoms with Gasteiger partial charge in [-0.2, -0.15) is 18.2 Å². The molecule has 2 N–H and O–H groups in total. The van der Waals surface area contributed by atoms with Crippen LogP contribution in [0, 0.1) is 0 Å². The molecule has 2 aromatic rings. The molecule has 0 unspecified atom stereocenters. The van der Waals surface area contributed by atoms with Crippen molar-refractivity contribution in [2.75, 3.05) is 5.32 Å². The van der Waals surface area contributed by atoms with Crippen LogP contribution in [0.25, 0.3) is 0 Å². The summed E-state index contributed by atoms with van der Waals surface area (Å²) in [5.41, 5.74) is -1.60. The van der Waals surface area contributed by atoms with Gasteiger partial charge in [-0.15, -0.1) is 0 Å². The van der Waals surface area contributed by atoms with E-state index in [-0.39, 0.29) is 29.5 Å². The Kier molecular flexibility index (Phi) is 5.80. The third-order valence-electron chi connectivity index (χ3n) is 3.13. The molecule has 0 fully saturated rings. The molecule has 0 radical (unpaired) electrons. The van der Waals surface area contributed by atoms with E-state index in [1.807, 2.05) is 0 Å². The van der Waals surface area contributed by atoms with Gasteiger partial charge in [0.1, 0.15) is 5.60 Å². The maximum absolute atomic E-state index is 13.0. The first-order valence-electron chi connectivity index (χ1n) is 7.79. The van der Waals surface area contributed by atoms with Crippen molar-refractivity contribution in [1.82, 2.24) is 4.98 Å². The van der Waals surface area contributed by atoms with E-state index < -0.39 is 23.3 Å². The van der Waals surface area contributed by atoms with Crippen LogP contribution in [0.15, 0.2) is 24.3 Å². The minimum atomic E-state index is -4.51. The Hall–Kier alpha value is -2.29. The van der Waals surface area contributed by atoms with E-state index in [0.29, 0.717) is 4.88 Å². The molecule has 26 heavy (non-hydrogen) atoms. The Morgan fingerprint density at radius 2 is 1.92 bits per heavy atom. The van der Waals surface area contributed by atoms with Gasteiger partial charge in [-0.25, -0.2) is 0 Å². The molecule has 1 heterocycles. The summed E-state index contributed by atoms with van der Waals surface area (Å²) in [5, 5.41) is 12.6. The summed E-state index contributed by atoms with van der Waals surface area (Å²) in [6.07, 6.45) is -4.30. The molecule has 0 atom stereocenters. The molecule has 9 heteroatoms. The number of hydrogen-bond acceptors (Lipinski definition) is 6. The number of anilines is 2. The second-order valence-electron chi connectivity index (χ2n) is 6.52. The van der Waals surface area contributed by atoms with E-state index in [1.54, 1.807) is 20.8 Å². The number of alkyl halides is 3. The van der Waals surface area contributed by atoms with E-state index in [1.165, 1.54) is 18.2 Å². The number of aromatic hydroxyl groups is 1. The van der Waals surface area contributed by atoms with Crippen molar-refractivity contribution in [1.29, 1.82) is 0 Å². The number of rotatable bonds is 5. The first-order chi connectivity index (χ1) is 12.0. The molecule has 0 saturated carbocycles.